The summed E-state index contributed by atoms with van der Waals surface area (Å²) in [7, 11) is 1.58. The third-order valence-corrected chi connectivity index (χ3v) is 3.06. The number of benzene rings is 1. The largest absolute Gasteiger partial charge is 0.496 e. The van der Waals surface area contributed by atoms with Crippen molar-refractivity contribution in [3.05, 3.63) is 42.0 Å². The van der Waals surface area contributed by atoms with Gasteiger partial charge in [0.15, 0.2) is 0 Å². The summed E-state index contributed by atoms with van der Waals surface area (Å²) >= 11 is 0. The first kappa shape index (κ1) is 12.3. The summed E-state index contributed by atoms with van der Waals surface area (Å²) in [6.45, 7) is 2.58. The predicted octanol–water partition coefficient (Wildman–Crippen LogP) is 2.53. The van der Waals surface area contributed by atoms with Crippen LogP contribution >= 0.6 is 0 Å². The number of ether oxygens (including phenoxy) is 1. The lowest BCUT2D eigenvalue weighted by atomic mass is 10.1. The van der Waals surface area contributed by atoms with Crippen LogP contribution < -0.4 is 4.74 Å². The van der Waals surface area contributed by atoms with Crippen molar-refractivity contribution in [3.63, 3.8) is 0 Å². The quantitative estimate of drug-likeness (QED) is 0.762. The van der Waals surface area contributed by atoms with E-state index in [1.54, 1.807) is 18.1 Å². The zero-order chi connectivity index (χ0) is 13.1. The summed E-state index contributed by atoms with van der Waals surface area (Å²) in [6.07, 6.45) is 9.05. The van der Waals surface area contributed by atoms with Crippen molar-refractivity contribution in [3.8, 4) is 18.2 Å². The fourth-order valence-electron chi connectivity index (χ4n) is 1.98. The van der Waals surface area contributed by atoms with Gasteiger partial charge >= 0.3 is 0 Å². The van der Waals surface area contributed by atoms with Gasteiger partial charge in [0.05, 0.1) is 13.2 Å². The van der Waals surface area contributed by atoms with Crippen molar-refractivity contribution in [1.82, 2.24) is 9.80 Å². The summed E-state index contributed by atoms with van der Waals surface area (Å²) in [5.41, 5.74) is 0.807. The average molecular weight is 246 g/mol. The van der Waals surface area contributed by atoms with E-state index < -0.39 is 0 Å². The maximum absolute atomic E-state index is 13.3. The molecule has 1 aliphatic rings. The summed E-state index contributed by atoms with van der Waals surface area (Å²) in [5, 5.41) is 0. The normalized spacial score (nSPS) is 15.7. The van der Waals surface area contributed by atoms with Gasteiger partial charge in [-0.2, -0.15) is 0 Å². The van der Waals surface area contributed by atoms with Crippen LogP contribution in [0.4, 0.5) is 4.39 Å². The van der Waals surface area contributed by atoms with Crippen LogP contribution in [-0.4, -0.2) is 23.6 Å². The first-order chi connectivity index (χ1) is 8.65. The van der Waals surface area contributed by atoms with E-state index in [9.17, 15) is 4.39 Å². The lowest BCUT2D eigenvalue weighted by molar-refractivity contribution is 0.257. The first-order valence-electron chi connectivity index (χ1n) is 5.66. The third kappa shape index (κ3) is 2.25. The number of nitrogens with zero attached hydrogens (tertiary/aromatic N) is 2. The van der Waals surface area contributed by atoms with E-state index in [0.717, 1.165) is 5.56 Å². The van der Waals surface area contributed by atoms with Gasteiger partial charge in [0.2, 0.25) is 0 Å². The zero-order valence-electron chi connectivity index (χ0n) is 10.4. The Morgan fingerprint density at radius 2 is 2.22 bits per heavy atom. The number of hydrogen-bond donors (Lipinski definition) is 0. The minimum atomic E-state index is -0.269. The summed E-state index contributed by atoms with van der Waals surface area (Å²) in [4.78, 5) is 3.75. The van der Waals surface area contributed by atoms with Crippen LogP contribution in [0.3, 0.4) is 0 Å². The van der Waals surface area contributed by atoms with E-state index in [-0.39, 0.29) is 11.9 Å². The van der Waals surface area contributed by atoms with Crippen LogP contribution in [0.15, 0.2) is 30.6 Å². The Bertz CT molecular complexity index is 507. The molecule has 0 radical (unpaired) electrons. The van der Waals surface area contributed by atoms with Gasteiger partial charge in [0.25, 0.3) is 0 Å². The summed E-state index contributed by atoms with van der Waals surface area (Å²) in [6, 6.07) is 7.06. The monoisotopic (exact) mass is 246 g/mol. The molecule has 1 aromatic carbocycles. The first-order valence-corrected chi connectivity index (χ1v) is 5.66. The molecule has 3 nitrogen and oxygen atoms in total. The molecular weight excluding hydrogens is 231 g/mol. The molecule has 0 spiro atoms. The molecule has 4 heteroatoms. The van der Waals surface area contributed by atoms with Gasteiger partial charge < -0.3 is 9.64 Å². The second kappa shape index (κ2) is 5.01. The van der Waals surface area contributed by atoms with Gasteiger partial charge in [0.1, 0.15) is 18.2 Å². The molecule has 0 saturated carbocycles. The maximum atomic E-state index is 13.3. The van der Waals surface area contributed by atoms with Gasteiger partial charge in [-0.05, 0) is 25.1 Å². The van der Waals surface area contributed by atoms with Gasteiger partial charge in [-0.25, -0.2) is 4.39 Å². The Morgan fingerprint density at radius 3 is 2.83 bits per heavy atom. The summed E-state index contributed by atoms with van der Waals surface area (Å²) < 4.78 is 18.6. The topological polar surface area (TPSA) is 15.7 Å². The fourth-order valence-corrected chi connectivity index (χ4v) is 1.98. The van der Waals surface area contributed by atoms with Crippen LogP contribution in [0.1, 0.15) is 18.5 Å². The summed E-state index contributed by atoms with van der Waals surface area (Å²) in [5.74, 6) is 0.408. The van der Waals surface area contributed by atoms with Crippen molar-refractivity contribution in [2.75, 3.05) is 13.8 Å². The molecule has 1 aromatic rings. The third-order valence-electron chi connectivity index (χ3n) is 3.06. The minimum absolute atomic E-state index is 0.00903. The fraction of sp³-hybridized carbons (Fsp3) is 0.286. The standard InChI is InChI=1S/C14H15FN2O/c1-4-16-7-8-17(10-16)11(2)13-9-12(15)5-6-14(13)18-3/h1,5-9,11H,10H2,2-3H3. The highest BCUT2D eigenvalue weighted by Gasteiger charge is 2.21. The molecule has 0 bridgehead atoms. The maximum Gasteiger partial charge on any atom is 0.124 e. The molecule has 1 aliphatic heterocycles. The second-order valence-corrected chi connectivity index (χ2v) is 4.11. The lowest BCUT2D eigenvalue weighted by Crippen LogP contribution is -2.25. The van der Waals surface area contributed by atoms with Gasteiger partial charge in [-0.1, -0.05) is 6.42 Å². The Balaban J connectivity index is 2.24. The molecule has 0 aliphatic carbocycles. The van der Waals surface area contributed by atoms with E-state index in [4.69, 9.17) is 11.2 Å². The molecule has 0 fully saturated rings. The van der Waals surface area contributed by atoms with Crippen molar-refractivity contribution >= 4 is 0 Å². The number of halogens is 1. The average Bonchev–Trinajstić information content (AvgIpc) is 2.86. The molecule has 0 N–H and O–H groups in total. The highest BCUT2D eigenvalue weighted by atomic mass is 19.1. The number of methoxy groups -OCH3 is 1. The van der Waals surface area contributed by atoms with E-state index in [1.807, 2.05) is 24.2 Å². The lowest BCUT2D eigenvalue weighted by Gasteiger charge is -2.26. The molecule has 0 amide bonds. The Kier molecular flexibility index (Phi) is 3.42. The van der Waals surface area contributed by atoms with E-state index in [1.165, 1.54) is 12.1 Å². The van der Waals surface area contributed by atoms with Crippen LogP contribution in [0.5, 0.6) is 5.75 Å². The molecule has 1 unspecified atom stereocenters. The van der Waals surface area contributed by atoms with Crippen LogP contribution in [-0.2, 0) is 0 Å². The number of terminal acetylenes is 1. The number of rotatable bonds is 3. The minimum Gasteiger partial charge on any atom is -0.496 e. The molecule has 0 aromatic heterocycles. The van der Waals surface area contributed by atoms with Crippen LogP contribution in [0.25, 0.3) is 0 Å². The molecular formula is C14H15FN2O. The van der Waals surface area contributed by atoms with Crippen LogP contribution in [0, 0.1) is 18.3 Å². The second-order valence-electron chi connectivity index (χ2n) is 4.11. The smallest absolute Gasteiger partial charge is 0.124 e. The molecule has 1 heterocycles. The van der Waals surface area contributed by atoms with Gasteiger partial charge in [-0.15, -0.1) is 0 Å². The van der Waals surface area contributed by atoms with Crippen molar-refractivity contribution in [2.45, 2.75) is 13.0 Å². The molecule has 94 valence electrons. The van der Waals surface area contributed by atoms with E-state index >= 15 is 0 Å². The van der Waals surface area contributed by atoms with Crippen molar-refractivity contribution in [2.24, 2.45) is 0 Å². The van der Waals surface area contributed by atoms with Gasteiger partial charge in [0, 0.05) is 24.0 Å². The Morgan fingerprint density at radius 1 is 1.44 bits per heavy atom. The van der Waals surface area contributed by atoms with E-state index in [0.29, 0.717) is 12.4 Å². The Labute approximate surface area is 106 Å². The molecule has 1 atom stereocenters. The van der Waals surface area contributed by atoms with Crippen LogP contribution in [0.2, 0.25) is 0 Å². The molecule has 2 rings (SSSR count). The van der Waals surface area contributed by atoms with E-state index in [2.05, 4.69) is 6.04 Å². The zero-order valence-corrected chi connectivity index (χ0v) is 10.4. The van der Waals surface area contributed by atoms with Crippen molar-refractivity contribution < 1.29 is 9.13 Å². The highest BCUT2D eigenvalue weighted by Crippen LogP contribution is 2.31. The van der Waals surface area contributed by atoms with Gasteiger partial charge in [-0.3, -0.25) is 4.90 Å². The highest BCUT2D eigenvalue weighted by molar-refractivity contribution is 5.36. The molecule has 18 heavy (non-hydrogen) atoms. The Hall–Kier alpha value is -2.15. The SMILES string of the molecule is C#CN1C=CN(C(C)c2cc(F)ccc2OC)C1. The van der Waals surface area contributed by atoms with Crippen molar-refractivity contribution in [1.29, 1.82) is 0 Å². The number of hydrogen-bond acceptors (Lipinski definition) is 3. The molecule has 0 saturated heterocycles. The predicted molar refractivity (Wildman–Crippen MR) is 67.9 cm³/mol.